The van der Waals surface area contributed by atoms with Crippen molar-refractivity contribution in [2.45, 2.75) is 12.8 Å². The van der Waals surface area contributed by atoms with Crippen molar-refractivity contribution < 1.29 is 54.7 Å². The molecule has 2 unspecified atom stereocenters. The van der Waals surface area contributed by atoms with Gasteiger partial charge in [0.2, 0.25) is 0 Å². The number of rotatable bonds is 7. The van der Waals surface area contributed by atoms with E-state index < -0.39 is 55.9 Å². The number of carboxylic acids is 4. The number of hydrogen-bond acceptors (Lipinski definition) is 7. The van der Waals surface area contributed by atoms with Crippen molar-refractivity contribution in [3.05, 3.63) is 0 Å². The number of carboxylic acid groups (broad SMARTS) is 4. The summed E-state index contributed by atoms with van der Waals surface area (Å²) in [6.45, 7) is 0. The largest absolute Gasteiger partial charge is 0.631 e. The van der Waals surface area contributed by atoms with Gasteiger partial charge in [-0.1, -0.05) is 0 Å². The summed E-state index contributed by atoms with van der Waals surface area (Å²) >= 11 is 0. The number of hydrogen-bond donors (Lipinski definition) is 7. The van der Waals surface area contributed by atoms with E-state index in [4.69, 9.17) is 35.5 Å². The maximum absolute atomic E-state index is 10.6. The van der Waals surface area contributed by atoms with Crippen LogP contribution in [0.3, 0.4) is 0 Å². The van der Waals surface area contributed by atoms with Gasteiger partial charge in [-0.3, -0.25) is 19.2 Å². The Kier molecular flexibility index (Phi) is 9.79. The zero-order valence-corrected chi connectivity index (χ0v) is 9.91. The van der Waals surface area contributed by atoms with Gasteiger partial charge >= 0.3 is 31.2 Å². The zero-order valence-electron chi connectivity index (χ0n) is 9.91. The fourth-order valence-electron chi connectivity index (χ4n) is 1.18. The summed E-state index contributed by atoms with van der Waals surface area (Å²) in [6, 6.07) is 0. The van der Waals surface area contributed by atoms with E-state index in [2.05, 4.69) is 0 Å². The molecule has 0 aromatic rings. The molecule has 0 amide bonds. The van der Waals surface area contributed by atoms with Crippen molar-refractivity contribution in [1.29, 1.82) is 0 Å². The summed E-state index contributed by atoms with van der Waals surface area (Å²) in [7, 11) is -2.17. The Bertz CT molecular complexity index is 331. The second-order valence-corrected chi connectivity index (χ2v) is 3.43. The third-order valence-electron chi connectivity index (χ3n) is 1.91. The van der Waals surface area contributed by atoms with Gasteiger partial charge in [-0.15, -0.1) is 0 Å². The van der Waals surface area contributed by atoms with Crippen molar-refractivity contribution in [3.8, 4) is 0 Å². The Balaban J connectivity index is 0. The molecule has 11 nitrogen and oxygen atoms in total. The van der Waals surface area contributed by atoms with Crippen molar-refractivity contribution in [1.82, 2.24) is 0 Å². The van der Waals surface area contributed by atoms with Crippen LogP contribution < -0.4 is 0 Å². The maximum Gasteiger partial charge on any atom is 0.631 e. The summed E-state index contributed by atoms with van der Waals surface area (Å²) in [6.07, 6.45) is -1.86. The highest BCUT2D eigenvalue weighted by molar-refractivity contribution is 6.30. The molecule has 0 saturated heterocycles. The van der Waals surface area contributed by atoms with Crippen LogP contribution in [0.25, 0.3) is 0 Å². The lowest BCUT2D eigenvalue weighted by molar-refractivity contribution is -0.160. The van der Waals surface area contributed by atoms with Crippen LogP contribution in [0.5, 0.6) is 0 Å². The summed E-state index contributed by atoms with van der Waals surface area (Å²) < 4.78 is 0. The van der Waals surface area contributed by atoms with E-state index in [0.29, 0.717) is 0 Å². The van der Waals surface area contributed by atoms with Gasteiger partial charge in [0.15, 0.2) is 0 Å². The molecular formula is C8H13BO11. The summed E-state index contributed by atoms with van der Waals surface area (Å²) in [5.74, 6) is -9.79. The van der Waals surface area contributed by atoms with Crippen molar-refractivity contribution in [3.63, 3.8) is 0 Å². The van der Waals surface area contributed by atoms with E-state index in [1.54, 1.807) is 0 Å². The first-order valence-electron chi connectivity index (χ1n) is 4.92. The van der Waals surface area contributed by atoms with Crippen LogP contribution in [-0.2, 0) is 19.2 Å². The lowest BCUT2D eigenvalue weighted by Gasteiger charge is -2.16. The van der Waals surface area contributed by atoms with Crippen LogP contribution >= 0.6 is 0 Å². The standard InChI is InChI=1S/C8H10O8.BH3O3/c9-5(10)1-3(7(13)14)4(8(15)16)2-6(11)12;2-1(3)4/h3-4H,1-2H2,(H,9,10)(H,11,12)(H,13,14)(H,15,16);2-4H. The van der Waals surface area contributed by atoms with E-state index in [1.165, 1.54) is 0 Å². The predicted molar refractivity (Wildman–Crippen MR) is 59.2 cm³/mol. The van der Waals surface area contributed by atoms with Gasteiger partial charge in [0.1, 0.15) is 0 Å². The highest BCUT2D eigenvalue weighted by Gasteiger charge is 2.36. The van der Waals surface area contributed by atoms with Crippen LogP contribution in [0.15, 0.2) is 0 Å². The van der Waals surface area contributed by atoms with Gasteiger partial charge in [-0.2, -0.15) is 0 Å². The first-order valence-corrected chi connectivity index (χ1v) is 4.92. The molecule has 0 aromatic heterocycles. The van der Waals surface area contributed by atoms with Gasteiger partial charge in [0.25, 0.3) is 0 Å². The maximum atomic E-state index is 10.6. The van der Waals surface area contributed by atoms with Crippen LogP contribution in [0.1, 0.15) is 12.8 Å². The van der Waals surface area contributed by atoms with Gasteiger partial charge in [0, 0.05) is 0 Å². The van der Waals surface area contributed by atoms with Gasteiger partial charge < -0.3 is 35.5 Å². The lowest BCUT2D eigenvalue weighted by Crippen LogP contribution is -2.33. The number of carbonyl (C=O) groups is 4. The Labute approximate surface area is 111 Å². The SMILES string of the molecule is O=C(O)CC(C(=O)O)C(CC(=O)O)C(=O)O.OB(O)O. The van der Waals surface area contributed by atoms with E-state index in [0.717, 1.165) is 0 Å². The topological polar surface area (TPSA) is 210 Å². The Morgan fingerprint density at radius 3 is 1.00 bits per heavy atom. The van der Waals surface area contributed by atoms with E-state index in [9.17, 15) is 19.2 Å². The molecule has 0 radical (unpaired) electrons. The van der Waals surface area contributed by atoms with Crippen LogP contribution in [0, 0.1) is 11.8 Å². The monoisotopic (exact) mass is 296 g/mol. The quantitative estimate of drug-likeness (QED) is 0.240. The van der Waals surface area contributed by atoms with E-state index in [-0.39, 0.29) is 0 Å². The smallest absolute Gasteiger partial charge is 0.481 e. The minimum absolute atomic E-state index is 0.931. The molecule has 114 valence electrons. The Morgan fingerprint density at radius 2 is 0.900 bits per heavy atom. The van der Waals surface area contributed by atoms with Crippen molar-refractivity contribution in [2.75, 3.05) is 0 Å². The Morgan fingerprint density at radius 1 is 0.700 bits per heavy atom. The number of aliphatic carboxylic acids is 4. The third-order valence-corrected chi connectivity index (χ3v) is 1.91. The van der Waals surface area contributed by atoms with E-state index >= 15 is 0 Å². The summed E-state index contributed by atoms with van der Waals surface area (Å²) in [5.41, 5.74) is 0. The molecule has 0 rings (SSSR count). The van der Waals surface area contributed by atoms with Crippen molar-refractivity contribution in [2.24, 2.45) is 11.8 Å². The normalized spacial score (nSPS) is 12.3. The molecule has 0 saturated carbocycles. The highest BCUT2D eigenvalue weighted by Crippen LogP contribution is 2.20. The van der Waals surface area contributed by atoms with Gasteiger partial charge in [-0.05, 0) is 0 Å². The molecule has 0 heterocycles. The minimum Gasteiger partial charge on any atom is -0.481 e. The highest BCUT2D eigenvalue weighted by atomic mass is 16.5. The zero-order chi connectivity index (χ0) is 16.5. The molecule has 0 aliphatic carbocycles. The molecule has 0 fully saturated rings. The lowest BCUT2D eigenvalue weighted by atomic mass is 9.87. The Hall–Kier alpha value is -2.18. The molecule has 0 spiro atoms. The molecular weight excluding hydrogens is 283 g/mol. The fourth-order valence-corrected chi connectivity index (χ4v) is 1.18. The molecule has 7 N–H and O–H groups in total. The minimum atomic E-state index is -2.17. The third kappa shape index (κ3) is 10.9. The molecule has 20 heavy (non-hydrogen) atoms. The van der Waals surface area contributed by atoms with Gasteiger partial charge in [0.05, 0.1) is 24.7 Å². The molecule has 2 atom stereocenters. The molecule has 0 bridgehead atoms. The second kappa shape index (κ2) is 9.72. The average molecular weight is 296 g/mol. The predicted octanol–water partition coefficient (Wildman–Crippen LogP) is -2.71. The fraction of sp³-hybridized carbons (Fsp3) is 0.500. The van der Waals surface area contributed by atoms with Crippen molar-refractivity contribution >= 4 is 31.2 Å². The summed E-state index contributed by atoms with van der Waals surface area (Å²) in [4.78, 5) is 41.9. The molecule has 0 aliphatic rings. The summed E-state index contributed by atoms with van der Waals surface area (Å²) in [5, 5.41) is 55.6. The molecule has 0 aromatic carbocycles. The van der Waals surface area contributed by atoms with Crippen LogP contribution in [0.2, 0.25) is 0 Å². The molecule has 12 heteroatoms. The van der Waals surface area contributed by atoms with E-state index in [1.807, 2.05) is 0 Å². The first kappa shape index (κ1) is 20.1. The van der Waals surface area contributed by atoms with Crippen LogP contribution in [-0.4, -0.2) is 66.7 Å². The van der Waals surface area contributed by atoms with Crippen LogP contribution in [0.4, 0.5) is 0 Å². The second-order valence-electron chi connectivity index (χ2n) is 3.43. The average Bonchev–Trinajstić information content (AvgIpc) is 2.20. The first-order chi connectivity index (χ1) is 8.98. The van der Waals surface area contributed by atoms with Gasteiger partial charge in [-0.25, -0.2) is 0 Å². The molecule has 0 aliphatic heterocycles.